The van der Waals surface area contributed by atoms with Gasteiger partial charge in [0.1, 0.15) is 0 Å². The van der Waals surface area contributed by atoms with Gasteiger partial charge < -0.3 is 10.2 Å². The molecule has 2 fully saturated rings. The van der Waals surface area contributed by atoms with E-state index in [1.807, 2.05) is 0 Å². The molecule has 0 bridgehead atoms. The quantitative estimate of drug-likeness (QED) is 0.844. The van der Waals surface area contributed by atoms with Crippen LogP contribution in [-0.2, 0) is 4.79 Å². The molecule has 0 radical (unpaired) electrons. The Morgan fingerprint density at radius 2 is 1.90 bits per heavy atom. The van der Waals surface area contributed by atoms with Crippen LogP contribution in [0.15, 0.2) is 0 Å². The Morgan fingerprint density at radius 1 is 1.15 bits per heavy atom. The fourth-order valence-electron chi connectivity index (χ4n) is 3.60. The number of nitrogens with zero attached hydrogens (tertiary/aromatic N) is 1. The molecule has 0 saturated carbocycles. The van der Waals surface area contributed by atoms with Gasteiger partial charge in [-0.2, -0.15) is 0 Å². The van der Waals surface area contributed by atoms with Crippen LogP contribution in [0.1, 0.15) is 64.7 Å². The van der Waals surface area contributed by atoms with Crippen LogP contribution in [0.2, 0.25) is 0 Å². The summed E-state index contributed by atoms with van der Waals surface area (Å²) in [6.07, 6.45) is 10.5. The molecule has 1 amide bonds. The number of nitrogens with one attached hydrogen (secondary N) is 1. The molecule has 2 heterocycles. The predicted molar refractivity (Wildman–Crippen MR) is 86.3 cm³/mol. The van der Waals surface area contributed by atoms with Crippen molar-refractivity contribution in [2.24, 2.45) is 5.92 Å². The molecule has 0 aromatic rings. The van der Waals surface area contributed by atoms with Crippen LogP contribution in [0.4, 0.5) is 0 Å². The largest absolute Gasteiger partial charge is 0.340 e. The van der Waals surface area contributed by atoms with Gasteiger partial charge in [0.15, 0.2) is 0 Å². The third-order valence-corrected chi connectivity index (χ3v) is 4.79. The van der Waals surface area contributed by atoms with E-state index in [4.69, 9.17) is 0 Å². The summed E-state index contributed by atoms with van der Waals surface area (Å²) in [5, 5.41) is 3.39. The molecule has 0 aromatic heterocycles. The van der Waals surface area contributed by atoms with E-state index in [0.29, 0.717) is 11.9 Å². The van der Waals surface area contributed by atoms with Crippen LogP contribution in [0.5, 0.6) is 0 Å². The number of amides is 1. The van der Waals surface area contributed by atoms with E-state index < -0.39 is 0 Å². The van der Waals surface area contributed by atoms with Gasteiger partial charge in [0.25, 0.3) is 0 Å². The summed E-state index contributed by atoms with van der Waals surface area (Å²) < 4.78 is 0. The Bertz CT molecular complexity index is 278. The average molecular weight is 303 g/mol. The summed E-state index contributed by atoms with van der Waals surface area (Å²) in [7, 11) is 0. The van der Waals surface area contributed by atoms with E-state index in [1.54, 1.807) is 0 Å². The molecule has 0 spiro atoms. The maximum Gasteiger partial charge on any atom is 0.222 e. The molecule has 1 unspecified atom stereocenters. The van der Waals surface area contributed by atoms with Gasteiger partial charge >= 0.3 is 0 Å². The van der Waals surface area contributed by atoms with Gasteiger partial charge in [0.2, 0.25) is 5.91 Å². The molecule has 4 heteroatoms. The highest BCUT2D eigenvalue weighted by molar-refractivity contribution is 5.85. The Balaban J connectivity index is 0.00000200. The zero-order valence-electron chi connectivity index (χ0n) is 12.9. The van der Waals surface area contributed by atoms with E-state index >= 15 is 0 Å². The molecule has 2 aliphatic rings. The summed E-state index contributed by atoms with van der Waals surface area (Å²) in [6, 6.07) is 0.541. The number of hydrogen-bond donors (Lipinski definition) is 1. The molecule has 3 nitrogen and oxygen atoms in total. The van der Waals surface area contributed by atoms with Crippen molar-refractivity contribution in [3.05, 3.63) is 0 Å². The highest BCUT2D eigenvalue weighted by Gasteiger charge is 2.26. The van der Waals surface area contributed by atoms with Gasteiger partial charge in [0.05, 0.1) is 0 Å². The highest BCUT2D eigenvalue weighted by Crippen LogP contribution is 2.24. The average Bonchev–Trinajstić information content (AvgIpc) is 2.47. The minimum absolute atomic E-state index is 0. The van der Waals surface area contributed by atoms with Crippen molar-refractivity contribution in [3.63, 3.8) is 0 Å². The summed E-state index contributed by atoms with van der Waals surface area (Å²) in [6.45, 7) is 5.52. The van der Waals surface area contributed by atoms with Crippen LogP contribution in [0.25, 0.3) is 0 Å². The highest BCUT2D eigenvalue weighted by atomic mass is 35.5. The molecule has 1 N–H and O–H groups in total. The lowest BCUT2D eigenvalue weighted by atomic mass is 9.92. The second-order valence-electron chi connectivity index (χ2n) is 6.26. The van der Waals surface area contributed by atoms with Gasteiger partial charge in [0, 0.05) is 19.0 Å². The number of carbonyl (C=O) groups is 1. The molecule has 2 aliphatic heterocycles. The zero-order chi connectivity index (χ0) is 13.5. The van der Waals surface area contributed by atoms with Crippen molar-refractivity contribution in [3.8, 4) is 0 Å². The number of halogens is 1. The molecule has 2 rings (SSSR count). The van der Waals surface area contributed by atoms with Crippen LogP contribution in [0, 0.1) is 5.92 Å². The van der Waals surface area contributed by atoms with Crippen molar-refractivity contribution >= 4 is 18.3 Å². The van der Waals surface area contributed by atoms with Crippen LogP contribution in [-0.4, -0.2) is 36.5 Å². The molecule has 0 aromatic carbocycles. The van der Waals surface area contributed by atoms with Gasteiger partial charge in [-0.1, -0.05) is 13.3 Å². The van der Waals surface area contributed by atoms with Crippen molar-refractivity contribution in [2.75, 3.05) is 19.6 Å². The number of piperidine rings is 2. The normalized spacial score (nSPS) is 24.2. The van der Waals surface area contributed by atoms with Crippen molar-refractivity contribution in [2.45, 2.75) is 70.8 Å². The first-order chi connectivity index (χ1) is 9.31. The number of rotatable bonds is 5. The minimum atomic E-state index is 0. The van der Waals surface area contributed by atoms with Crippen molar-refractivity contribution in [1.29, 1.82) is 0 Å². The van der Waals surface area contributed by atoms with Gasteiger partial charge in [-0.15, -0.1) is 12.4 Å². The first-order valence-electron chi connectivity index (χ1n) is 8.31. The Labute approximate surface area is 130 Å². The molecule has 118 valence electrons. The monoisotopic (exact) mass is 302 g/mol. The first-order valence-corrected chi connectivity index (χ1v) is 8.31. The SMILES string of the molecule is CCCC1CCCCN1C(=O)CCC1CCNCC1.Cl. The van der Waals surface area contributed by atoms with E-state index in [-0.39, 0.29) is 12.4 Å². The smallest absolute Gasteiger partial charge is 0.222 e. The summed E-state index contributed by atoms with van der Waals surface area (Å²) in [4.78, 5) is 14.6. The van der Waals surface area contributed by atoms with Crippen LogP contribution in [0.3, 0.4) is 0 Å². The van der Waals surface area contributed by atoms with Crippen molar-refractivity contribution < 1.29 is 4.79 Å². The van der Waals surface area contributed by atoms with E-state index in [9.17, 15) is 4.79 Å². The van der Waals surface area contributed by atoms with Gasteiger partial charge in [-0.25, -0.2) is 0 Å². The second-order valence-corrected chi connectivity index (χ2v) is 6.26. The summed E-state index contributed by atoms with van der Waals surface area (Å²) in [5.41, 5.74) is 0. The Hall–Kier alpha value is -0.280. The Morgan fingerprint density at radius 3 is 2.60 bits per heavy atom. The van der Waals surface area contributed by atoms with E-state index in [1.165, 1.54) is 44.9 Å². The predicted octanol–water partition coefficient (Wildman–Crippen LogP) is 3.37. The molecule has 0 aliphatic carbocycles. The lowest BCUT2D eigenvalue weighted by Gasteiger charge is -2.36. The fourth-order valence-corrected chi connectivity index (χ4v) is 3.60. The van der Waals surface area contributed by atoms with Crippen LogP contribution >= 0.6 is 12.4 Å². The third kappa shape index (κ3) is 5.25. The first kappa shape index (κ1) is 17.8. The maximum atomic E-state index is 12.4. The van der Waals surface area contributed by atoms with E-state index in [0.717, 1.165) is 38.4 Å². The van der Waals surface area contributed by atoms with E-state index in [2.05, 4.69) is 17.1 Å². The van der Waals surface area contributed by atoms with Crippen molar-refractivity contribution in [1.82, 2.24) is 10.2 Å². The number of carbonyl (C=O) groups excluding carboxylic acids is 1. The molecular weight excluding hydrogens is 272 g/mol. The van der Waals surface area contributed by atoms with Gasteiger partial charge in [-0.3, -0.25) is 4.79 Å². The zero-order valence-corrected chi connectivity index (χ0v) is 13.7. The molecular formula is C16H31ClN2O. The second kappa shape index (κ2) is 9.62. The number of likely N-dealkylation sites (tertiary alicyclic amines) is 1. The molecule has 2 saturated heterocycles. The Kier molecular flexibility index (Phi) is 8.55. The molecule has 1 atom stereocenters. The fraction of sp³-hybridized carbons (Fsp3) is 0.938. The van der Waals surface area contributed by atoms with Crippen LogP contribution < -0.4 is 5.32 Å². The maximum absolute atomic E-state index is 12.4. The minimum Gasteiger partial charge on any atom is -0.340 e. The standard InChI is InChI=1S/C16H30N2O.ClH/c1-2-5-15-6-3-4-13-18(15)16(19)8-7-14-9-11-17-12-10-14;/h14-15,17H,2-13H2,1H3;1H. The number of hydrogen-bond acceptors (Lipinski definition) is 2. The topological polar surface area (TPSA) is 32.3 Å². The summed E-state index contributed by atoms with van der Waals surface area (Å²) in [5.74, 6) is 1.20. The third-order valence-electron chi connectivity index (χ3n) is 4.79. The summed E-state index contributed by atoms with van der Waals surface area (Å²) >= 11 is 0. The lowest BCUT2D eigenvalue weighted by Crippen LogP contribution is -2.43. The molecule has 20 heavy (non-hydrogen) atoms. The van der Waals surface area contributed by atoms with Gasteiger partial charge in [-0.05, 0) is 64.0 Å². The lowest BCUT2D eigenvalue weighted by molar-refractivity contribution is -0.135.